The Morgan fingerprint density at radius 1 is 1.09 bits per heavy atom. The van der Waals surface area contributed by atoms with Gasteiger partial charge in [-0.2, -0.15) is 0 Å². The largest absolute Gasteiger partial charge is 0.508 e. The molecule has 0 saturated carbocycles. The molecule has 1 aliphatic heterocycles. The first kappa shape index (κ1) is 23.3. The van der Waals surface area contributed by atoms with Crippen molar-refractivity contribution < 1.29 is 14.4 Å². The summed E-state index contributed by atoms with van der Waals surface area (Å²) in [4.78, 5) is 4.82. The highest BCUT2D eigenvalue weighted by Crippen LogP contribution is 2.49. The van der Waals surface area contributed by atoms with Crippen LogP contribution in [-0.2, 0) is 9.31 Å². The summed E-state index contributed by atoms with van der Waals surface area (Å²) in [6.07, 6.45) is 9.89. The van der Waals surface area contributed by atoms with Crippen LogP contribution in [0.2, 0.25) is 6.32 Å². The minimum absolute atomic E-state index is 0.205. The third kappa shape index (κ3) is 3.89. The van der Waals surface area contributed by atoms with E-state index in [9.17, 15) is 5.11 Å². The molecule has 2 heterocycles. The first-order valence-corrected chi connectivity index (χ1v) is 12.8. The lowest BCUT2D eigenvalue weighted by atomic mass is 9.72. The molecule has 1 unspecified atom stereocenters. The third-order valence-electron chi connectivity index (χ3n) is 7.61. The highest BCUT2D eigenvalue weighted by Gasteiger charge is 2.58. The smallest absolute Gasteiger partial charge is 0.458 e. The molecule has 0 spiro atoms. The van der Waals surface area contributed by atoms with Gasteiger partial charge in [0.25, 0.3) is 0 Å². The summed E-state index contributed by atoms with van der Waals surface area (Å²) in [5.41, 5.74) is 2.93. The lowest BCUT2D eigenvalue weighted by molar-refractivity contribution is -0.0601. The summed E-state index contributed by atoms with van der Waals surface area (Å²) in [5, 5.41) is 14.2. The van der Waals surface area contributed by atoms with E-state index in [1.54, 1.807) is 23.5 Å². The lowest BCUT2D eigenvalue weighted by Gasteiger charge is -2.42. The number of fused-ring (bicyclic) bond motifs is 1. The van der Waals surface area contributed by atoms with Crippen LogP contribution in [0, 0.1) is 5.92 Å². The Kier molecular flexibility index (Phi) is 6.71. The molecule has 5 nitrogen and oxygen atoms in total. The van der Waals surface area contributed by atoms with Crippen LogP contribution in [0.25, 0.3) is 15.8 Å². The number of phenolic OH excluding ortho intramolecular Hbond substituents is 1. The zero-order valence-electron chi connectivity index (χ0n) is 19.9. The van der Waals surface area contributed by atoms with Crippen LogP contribution < -0.4 is 5.32 Å². The first-order valence-electron chi connectivity index (χ1n) is 12.0. The minimum Gasteiger partial charge on any atom is -0.508 e. The van der Waals surface area contributed by atoms with Gasteiger partial charge in [0.2, 0.25) is 0 Å². The van der Waals surface area contributed by atoms with Crippen molar-refractivity contribution in [3.05, 3.63) is 41.1 Å². The normalized spacial score (nSPS) is 22.2. The summed E-state index contributed by atoms with van der Waals surface area (Å²) < 4.78 is 14.4. The molecule has 1 atom stereocenters. The molecule has 0 bridgehead atoms. The van der Waals surface area contributed by atoms with Gasteiger partial charge in [0.05, 0.1) is 21.4 Å². The molecule has 1 aliphatic carbocycles. The molecule has 0 amide bonds. The second-order valence-electron chi connectivity index (χ2n) is 8.94. The molecule has 1 aromatic carbocycles. The first-order chi connectivity index (χ1) is 15.4. The highest BCUT2D eigenvalue weighted by molar-refractivity contribution is 7.19. The summed E-state index contributed by atoms with van der Waals surface area (Å²) in [6, 6.07) is 5.36. The zero-order valence-corrected chi connectivity index (χ0v) is 20.7. The predicted octanol–water partition coefficient (Wildman–Crippen LogP) is 6.16. The molecule has 4 rings (SSSR count). The summed E-state index contributed by atoms with van der Waals surface area (Å²) in [7, 11) is 1.78. The maximum absolute atomic E-state index is 9.80. The number of aromatic nitrogens is 1. The van der Waals surface area contributed by atoms with Crippen LogP contribution >= 0.6 is 11.3 Å². The molecule has 2 aromatic rings. The van der Waals surface area contributed by atoms with Crippen LogP contribution in [0.4, 0.5) is 0 Å². The van der Waals surface area contributed by atoms with E-state index < -0.39 is 0 Å². The number of phenols is 1. The Bertz CT molecular complexity index is 1000. The Morgan fingerprint density at radius 2 is 1.75 bits per heavy atom. The number of hydrogen-bond acceptors (Lipinski definition) is 6. The molecular formula is C25H35BN2O3S. The second-order valence-corrected chi connectivity index (χ2v) is 9.97. The molecule has 0 radical (unpaired) electrons. The van der Waals surface area contributed by atoms with Crippen molar-refractivity contribution in [3.8, 4) is 5.75 Å². The number of rotatable bonds is 8. The van der Waals surface area contributed by atoms with Gasteiger partial charge in [0.15, 0.2) is 0 Å². The Labute approximate surface area is 196 Å². The fraction of sp³-hybridized carbons (Fsp3) is 0.560. The van der Waals surface area contributed by atoms with Crippen molar-refractivity contribution in [2.24, 2.45) is 5.92 Å². The molecule has 1 aromatic heterocycles. The number of allylic oxidation sites excluding steroid dienone is 4. The molecule has 1 fully saturated rings. The van der Waals surface area contributed by atoms with E-state index in [-0.39, 0.29) is 30.0 Å². The SMILES string of the molecule is CCC1(CC)OB(CC2CC(c3nc4ccc(O)cc4s3)=CC=C2NC)OC1(CC)CC. The average Bonchev–Trinajstić information content (AvgIpc) is 3.38. The van der Waals surface area contributed by atoms with Gasteiger partial charge in [-0.3, -0.25) is 0 Å². The van der Waals surface area contributed by atoms with Crippen molar-refractivity contribution in [1.82, 2.24) is 10.3 Å². The number of hydrogen-bond donors (Lipinski definition) is 2. The number of nitrogens with zero attached hydrogens (tertiary/aromatic N) is 1. The zero-order chi connectivity index (χ0) is 22.9. The fourth-order valence-electron chi connectivity index (χ4n) is 5.67. The van der Waals surface area contributed by atoms with Crippen molar-refractivity contribution >= 4 is 34.2 Å². The maximum atomic E-state index is 9.80. The van der Waals surface area contributed by atoms with Crippen molar-refractivity contribution in [1.29, 1.82) is 0 Å². The number of nitrogens with one attached hydrogen (secondary N) is 1. The molecule has 2 N–H and O–H groups in total. The fourth-order valence-corrected chi connectivity index (χ4v) is 6.70. The maximum Gasteiger partial charge on any atom is 0.458 e. The molecule has 32 heavy (non-hydrogen) atoms. The van der Waals surface area contributed by atoms with Crippen LogP contribution in [0.3, 0.4) is 0 Å². The van der Waals surface area contributed by atoms with E-state index in [1.807, 2.05) is 13.1 Å². The van der Waals surface area contributed by atoms with E-state index in [2.05, 4.69) is 45.2 Å². The van der Waals surface area contributed by atoms with Gasteiger partial charge < -0.3 is 19.7 Å². The van der Waals surface area contributed by atoms with Gasteiger partial charge in [-0.05, 0) is 68.3 Å². The number of thiazole rings is 1. The summed E-state index contributed by atoms with van der Waals surface area (Å²) in [6.45, 7) is 8.89. The minimum atomic E-state index is -0.215. The van der Waals surface area contributed by atoms with Gasteiger partial charge in [-0.25, -0.2) is 4.98 Å². The Morgan fingerprint density at radius 3 is 2.34 bits per heavy atom. The summed E-state index contributed by atoms with van der Waals surface area (Å²) in [5.74, 6) is 0.558. The number of aromatic hydroxyl groups is 1. The van der Waals surface area contributed by atoms with Crippen LogP contribution in [0.15, 0.2) is 36.0 Å². The van der Waals surface area contributed by atoms with Crippen molar-refractivity contribution in [2.45, 2.75) is 77.3 Å². The monoisotopic (exact) mass is 454 g/mol. The van der Waals surface area contributed by atoms with Gasteiger partial charge in [0.1, 0.15) is 10.8 Å². The van der Waals surface area contributed by atoms with Gasteiger partial charge in [-0.1, -0.05) is 33.8 Å². The van der Waals surface area contributed by atoms with E-state index in [1.165, 1.54) is 11.3 Å². The molecule has 172 valence electrons. The lowest BCUT2D eigenvalue weighted by Crippen LogP contribution is -2.50. The van der Waals surface area contributed by atoms with Crippen LogP contribution in [0.5, 0.6) is 5.75 Å². The van der Waals surface area contributed by atoms with Crippen molar-refractivity contribution in [2.75, 3.05) is 7.05 Å². The molecule has 2 aliphatic rings. The molecular weight excluding hydrogens is 419 g/mol. The van der Waals surface area contributed by atoms with Crippen LogP contribution in [-0.4, -0.2) is 35.5 Å². The van der Waals surface area contributed by atoms with E-state index in [4.69, 9.17) is 14.3 Å². The van der Waals surface area contributed by atoms with Gasteiger partial charge in [0, 0.05) is 18.7 Å². The Balaban J connectivity index is 1.56. The standard InChI is InChI=1S/C25H35BN2O3S/c1-6-24(7-2)25(8-3,9-4)31-26(30-24)16-18-14-17(10-12-20(18)27-5)23-28-21-13-11-19(29)15-22(21)32-23/h10-13,15,18,27,29H,6-9,14,16H2,1-5H3. The summed E-state index contributed by atoms with van der Waals surface area (Å²) >= 11 is 1.63. The topological polar surface area (TPSA) is 63.6 Å². The second kappa shape index (κ2) is 9.20. The highest BCUT2D eigenvalue weighted by atomic mass is 32.1. The van der Waals surface area contributed by atoms with E-state index in [0.717, 1.165) is 53.6 Å². The van der Waals surface area contributed by atoms with Crippen LogP contribution in [0.1, 0.15) is 64.8 Å². The van der Waals surface area contributed by atoms with Crippen molar-refractivity contribution in [3.63, 3.8) is 0 Å². The predicted molar refractivity (Wildman–Crippen MR) is 134 cm³/mol. The van der Waals surface area contributed by atoms with E-state index in [0.29, 0.717) is 0 Å². The Hall–Kier alpha value is -1.83. The number of benzene rings is 1. The van der Waals surface area contributed by atoms with Gasteiger partial charge in [-0.15, -0.1) is 11.3 Å². The quantitative estimate of drug-likeness (QED) is 0.468. The average molecular weight is 454 g/mol. The van der Waals surface area contributed by atoms with Gasteiger partial charge >= 0.3 is 7.12 Å². The van der Waals surface area contributed by atoms with E-state index >= 15 is 0 Å². The third-order valence-corrected chi connectivity index (χ3v) is 8.71. The molecule has 7 heteroatoms. The molecule has 1 saturated heterocycles.